The van der Waals surface area contributed by atoms with Gasteiger partial charge in [-0.05, 0) is 36.2 Å². The molecule has 2 aromatic rings. The number of hydrogen-bond donors (Lipinski definition) is 0. The lowest BCUT2D eigenvalue weighted by Gasteiger charge is -2.23. The van der Waals surface area contributed by atoms with Gasteiger partial charge in [-0.25, -0.2) is 4.39 Å². The predicted molar refractivity (Wildman–Crippen MR) is 81.9 cm³/mol. The molecular formula is C17H19FN2O2. The highest BCUT2D eigenvalue weighted by atomic mass is 19.1. The molecule has 0 saturated heterocycles. The molecule has 0 aliphatic rings. The van der Waals surface area contributed by atoms with Crippen LogP contribution in [-0.4, -0.2) is 36.1 Å². The topological polar surface area (TPSA) is 42.4 Å². The van der Waals surface area contributed by atoms with Gasteiger partial charge in [-0.1, -0.05) is 12.1 Å². The fourth-order valence-corrected chi connectivity index (χ4v) is 2.17. The van der Waals surface area contributed by atoms with Gasteiger partial charge in [0.25, 0.3) is 5.91 Å². The van der Waals surface area contributed by atoms with E-state index < -0.39 is 5.82 Å². The van der Waals surface area contributed by atoms with Gasteiger partial charge in [0.1, 0.15) is 5.82 Å². The first kappa shape index (κ1) is 16.1. The number of aromatic nitrogens is 1. The molecule has 0 unspecified atom stereocenters. The molecule has 0 atom stereocenters. The lowest BCUT2D eigenvalue weighted by molar-refractivity contribution is 0.0719. The number of rotatable bonds is 7. The molecule has 4 nitrogen and oxygen atoms in total. The fourth-order valence-electron chi connectivity index (χ4n) is 2.17. The average Bonchev–Trinajstić information content (AvgIpc) is 2.55. The third kappa shape index (κ3) is 4.36. The highest BCUT2D eigenvalue weighted by Crippen LogP contribution is 2.13. The predicted octanol–water partition coefficient (Wildman–Crippen LogP) is 2.90. The lowest BCUT2D eigenvalue weighted by atomic mass is 10.1. The lowest BCUT2D eigenvalue weighted by Crippen LogP contribution is -2.32. The van der Waals surface area contributed by atoms with Gasteiger partial charge in [-0.15, -0.1) is 0 Å². The van der Waals surface area contributed by atoms with Gasteiger partial charge in [0, 0.05) is 39.2 Å². The molecule has 5 heteroatoms. The Hall–Kier alpha value is -2.27. The van der Waals surface area contributed by atoms with Crippen molar-refractivity contribution in [2.75, 3.05) is 20.3 Å². The zero-order chi connectivity index (χ0) is 15.8. The minimum atomic E-state index is -0.501. The van der Waals surface area contributed by atoms with Crippen LogP contribution in [0.1, 0.15) is 22.3 Å². The number of halogens is 1. The maximum Gasteiger partial charge on any atom is 0.257 e. The van der Waals surface area contributed by atoms with E-state index in [-0.39, 0.29) is 11.5 Å². The van der Waals surface area contributed by atoms with Crippen LogP contribution < -0.4 is 0 Å². The van der Waals surface area contributed by atoms with Crippen LogP contribution in [0.3, 0.4) is 0 Å². The smallest absolute Gasteiger partial charge is 0.257 e. The molecule has 0 radical (unpaired) electrons. The van der Waals surface area contributed by atoms with Crippen molar-refractivity contribution in [2.24, 2.45) is 0 Å². The van der Waals surface area contributed by atoms with Gasteiger partial charge < -0.3 is 9.64 Å². The Morgan fingerprint density at radius 3 is 2.64 bits per heavy atom. The number of amides is 1. The summed E-state index contributed by atoms with van der Waals surface area (Å²) in [7, 11) is 1.62. The Morgan fingerprint density at radius 2 is 1.95 bits per heavy atom. The quantitative estimate of drug-likeness (QED) is 0.739. The molecule has 116 valence electrons. The van der Waals surface area contributed by atoms with Crippen LogP contribution in [0.4, 0.5) is 4.39 Å². The molecule has 1 aromatic carbocycles. The van der Waals surface area contributed by atoms with Crippen molar-refractivity contribution in [3.63, 3.8) is 0 Å². The maximum atomic E-state index is 13.8. The highest BCUT2D eigenvalue weighted by molar-refractivity contribution is 5.94. The summed E-state index contributed by atoms with van der Waals surface area (Å²) in [5.74, 6) is -0.815. The summed E-state index contributed by atoms with van der Waals surface area (Å²) in [4.78, 5) is 18.2. The van der Waals surface area contributed by atoms with Gasteiger partial charge in [-0.2, -0.15) is 0 Å². The molecular weight excluding hydrogens is 283 g/mol. The van der Waals surface area contributed by atoms with Crippen molar-refractivity contribution in [1.82, 2.24) is 9.88 Å². The normalized spacial score (nSPS) is 10.5. The molecule has 1 amide bonds. The Bertz CT molecular complexity index is 605. The Balaban J connectivity index is 2.16. The van der Waals surface area contributed by atoms with Gasteiger partial charge in [0.15, 0.2) is 0 Å². The number of pyridine rings is 1. The molecule has 0 aliphatic heterocycles. The van der Waals surface area contributed by atoms with E-state index in [1.54, 1.807) is 36.5 Å². The summed E-state index contributed by atoms with van der Waals surface area (Å²) in [5, 5.41) is 0. The summed E-state index contributed by atoms with van der Waals surface area (Å²) < 4.78 is 18.9. The number of nitrogens with zero attached hydrogens (tertiary/aromatic N) is 2. The van der Waals surface area contributed by atoms with E-state index in [0.717, 1.165) is 5.56 Å². The maximum absolute atomic E-state index is 13.8. The summed E-state index contributed by atoms with van der Waals surface area (Å²) >= 11 is 0. The fraction of sp³-hybridized carbons (Fsp3) is 0.294. The third-order valence-electron chi connectivity index (χ3n) is 3.29. The first-order valence-electron chi connectivity index (χ1n) is 7.14. The molecule has 1 heterocycles. The van der Waals surface area contributed by atoms with Gasteiger partial charge in [-0.3, -0.25) is 9.78 Å². The van der Waals surface area contributed by atoms with Gasteiger partial charge in [0.05, 0.1) is 5.56 Å². The van der Waals surface area contributed by atoms with Crippen LogP contribution in [0.5, 0.6) is 0 Å². The van der Waals surface area contributed by atoms with Crippen LogP contribution in [0.15, 0.2) is 48.8 Å². The molecule has 1 aromatic heterocycles. The summed E-state index contributed by atoms with van der Waals surface area (Å²) in [6.07, 6.45) is 4.05. The molecule has 0 aliphatic carbocycles. The standard InChI is InChI=1S/C17H19FN2O2/c1-22-12-4-11-20(13-14-7-9-19-10-8-14)17(21)15-5-2-3-6-16(15)18/h2-3,5-10H,4,11-13H2,1H3. The van der Waals surface area contributed by atoms with Crippen molar-refractivity contribution < 1.29 is 13.9 Å². The number of hydrogen-bond acceptors (Lipinski definition) is 3. The zero-order valence-electron chi connectivity index (χ0n) is 12.5. The monoisotopic (exact) mass is 302 g/mol. The van der Waals surface area contributed by atoms with Crippen LogP contribution >= 0.6 is 0 Å². The summed E-state index contributed by atoms with van der Waals surface area (Å²) in [6.45, 7) is 1.47. The summed E-state index contributed by atoms with van der Waals surface area (Å²) in [6, 6.07) is 9.73. The van der Waals surface area contributed by atoms with Crippen molar-refractivity contribution in [1.29, 1.82) is 0 Å². The Labute approximate surface area is 129 Å². The van der Waals surface area contributed by atoms with Crippen molar-refractivity contribution >= 4 is 5.91 Å². The molecule has 0 spiro atoms. The highest BCUT2D eigenvalue weighted by Gasteiger charge is 2.18. The second-order valence-electron chi connectivity index (χ2n) is 4.91. The van der Waals surface area contributed by atoms with Crippen LogP contribution in [0.2, 0.25) is 0 Å². The Morgan fingerprint density at radius 1 is 1.23 bits per heavy atom. The van der Waals surface area contributed by atoms with Crippen LogP contribution in [-0.2, 0) is 11.3 Å². The SMILES string of the molecule is COCCCN(Cc1ccncc1)C(=O)c1ccccc1F. The van der Waals surface area contributed by atoms with E-state index >= 15 is 0 Å². The van der Waals surface area contributed by atoms with Crippen molar-refractivity contribution in [3.8, 4) is 0 Å². The number of methoxy groups -OCH3 is 1. The van der Waals surface area contributed by atoms with Crippen LogP contribution in [0, 0.1) is 5.82 Å². The van der Waals surface area contributed by atoms with E-state index in [2.05, 4.69) is 4.98 Å². The van der Waals surface area contributed by atoms with Crippen molar-refractivity contribution in [3.05, 3.63) is 65.7 Å². The van der Waals surface area contributed by atoms with E-state index in [4.69, 9.17) is 4.74 Å². The summed E-state index contributed by atoms with van der Waals surface area (Å²) in [5.41, 5.74) is 1.05. The van der Waals surface area contributed by atoms with Crippen LogP contribution in [0.25, 0.3) is 0 Å². The number of benzene rings is 1. The second kappa shape index (κ2) is 8.24. The molecule has 22 heavy (non-hydrogen) atoms. The largest absolute Gasteiger partial charge is 0.385 e. The first-order valence-corrected chi connectivity index (χ1v) is 7.14. The third-order valence-corrected chi connectivity index (χ3v) is 3.29. The van der Waals surface area contributed by atoms with E-state index in [9.17, 15) is 9.18 Å². The Kier molecular flexibility index (Phi) is 6.03. The molecule has 0 saturated carbocycles. The van der Waals surface area contributed by atoms with Crippen molar-refractivity contribution in [2.45, 2.75) is 13.0 Å². The second-order valence-corrected chi connectivity index (χ2v) is 4.91. The molecule has 0 bridgehead atoms. The average molecular weight is 302 g/mol. The number of ether oxygens (including phenoxy) is 1. The first-order chi connectivity index (χ1) is 10.7. The number of carbonyl (C=O) groups excluding carboxylic acids is 1. The minimum absolute atomic E-state index is 0.0916. The van der Waals surface area contributed by atoms with E-state index in [1.807, 2.05) is 12.1 Å². The van der Waals surface area contributed by atoms with Gasteiger partial charge in [0.2, 0.25) is 0 Å². The molecule has 2 rings (SSSR count). The molecule has 0 fully saturated rings. The van der Waals surface area contributed by atoms with Gasteiger partial charge >= 0.3 is 0 Å². The zero-order valence-corrected chi connectivity index (χ0v) is 12.5. The number of carbonyl (C=O) groups is 1. The van der Waals surface area contributed by atoms with E-state index in [0.29, 0.717) is 26.1 Å². The van der Waals surface area contributed by atoms with E-state index in [1.165, 1.54) is 12.1 Å². The molecule has 0 N–H and O–H groups in total. The minimum Gasteiger partial charge on any atom is -0.385 e.